The van der Waals surface area contributed by atoms with Crippen molar-refractivity contribution < 1.29 is 24.1 Å². The van der Waals surface area contributed by atoms with E-state index in [1.165, 1.54) is 0 Å². The number of aliphatic hydroxyl groups excluding tert-OH is 1. The minimum absolute atomic E-state index is 0.149. The molecule has 0 aromatic heterocycles. The molecule has 20 heavy (non-hydrogen) atoms. The maximum Gasteiger partial charge on any atom is 0.407 e. The molecule has 2 fully saturated rings. The zero-order valence-corrected chi connectivity index (χ0v) is 10.9. The van der Waals surface area contributed by atoms with Crippen LogP contribution in [-0.2, 0) is 20.8 Å². The van der Waals surface area contributed by atoms with Crippen molar-refractivity contribution in [1.82, 2.24) is 5.32 Å². The molecule has 0 radical (unpaired) electrons. The van der Waals surface area contributed by atoms with Crippen molar-refractivity contribution >= 4 is 6.09 Å². The van der Waals surface area contributed by atoms with Gasteiger partial charge in [-0.1, -0.05) is 30.3 Å². The standard InChI is InChI=1S/C14H17NO5/c16-12-6-11-13(20-12)10(8-18-11)15-14(17)19-7-9-4-2-1-3-5-9/h1-5,10-13,16H,6-8H2,(H,15,17)/t10-,11-,12?,13-/m0/s1. The Labute approximate surface area is 116 Å². The molecule has 0 saturated carbocycles. The fourth-order valence-corrected chi connectivity index (χ4v) is 2.54. The summed E-state index contributed by atoms with van der Waals surface area (Å²) in [4.78, 5) is 11.7. The maximum atomic E-state index is 11.7. The third kappa shape index (κ3) is 2.92. The summed E-state index contributed by atoms with van der Waals surface area (Å²) in [6.45, 7) is 0.598. The number of hydrogen-bond acceptors (Lipinski definition) is 5. The van der Waals surface area contributed by atoms with Gasteiger partial charge in [0.2, 0.25) is 0 Å². The van der Waals surface area contributed by atoms with E-state index in [1.807, 2.05) is 30.3 Å². The molecule has 0 spiro atoms. The second kappa shape index (κ2) is 5.78. The van der Waals surface area contributed by atoms with E-state index in [2.05, 4.69) is 5.32 Å². The van der Waals surface area contributed by atoms with E-state index in [0.29, 0.717) is 13.0 Å². The third-order valence-electron chi connectivity index (χ3n) is 3.52. The fourth-order valence-electron chi connectivity index (χ4n) is 2.54. The summed E-state index contributed by atoms with van der Waals surface area (Å²) in [6, 6.07) is 9.18. The summed E-state index contributed by atoms with van der Waals surface area (Å²) in [5, 5.41) is 12.1. The van der Waals surface area contributed by atoms with Crippen molar-refractivity contribution in [1.29, 1.82) is 0 Å². The van der Waals surface area contributed by atoms with E-state index in [-0.39, 0.29) is 24.9 Å². The second-order valence-corrected chi connectivity index (χ2v) is 4.98. The van der Waals surface area contributed by atoms with E-state index in [4.69, 9.17) is 14.2 Å². The van der Waals surface area contributed by atoms with Crippen LogP contribution in [-0.4, -0.2) is 42.3 Å². The largest absolute Gasteiger partial charge is 0.445 e. The van der Waals surface area contributed by atoms with E-state index < -0.39 is 12.4 Å². The van der Waals surface area contributed by atoms with Gasteiger partial charge in [0.25, 0.3) is 0 Å². The van der Waals surface area contributed by atoms with Crippen LogP contribution >= 0.6 is 0 Å². The Kier molecular flexibility index (Phi) is 3.86. The Hall–Kier alpha value is -1.63. The molecule has 2 aliphatic rings. The predicted molar refractivity (Wildman–Crippen MR) is 68.8 cm³/mol. The van der Waals surface area contributed by atoms with Crippen LogP contribution in [0, 0.1) is 0 Å². The average Bonchev–Trinajstić information content (AvgIpc) is 2.98. The number of amides is 1. The van der Waals surface area contributed by atoms with Gasteiger partial charge in [-0.15, -0.1) is 0 Å². The van der Waals surface area contributed by atoms with Crippen molar-refractivity contribution in [2.45, 2.75) is 37.6 Å². The zero-order chi connectivity index (χ0) is 13.9. The quantitative estimate of drug-likeness (QED) is 0.855. The molecule has 1 unspecified atom stereocenters. The molecule has 4 atom stereocenters. The molecule has 3 rings (SSSR count). The number of nitrogens with one attached hydrogen (secondary N) is 1. The number of aliphatic hydroxyl groups is 1. The lowest BCUT2D eigenvalue weighted by molar-refractivity contribution is -0.0953. The molecule has 2 aliphatic heterocycles. The van der Waals surface area contributed by atoms with Crippen LogP contribution in [0.5, 0.6) is 0 Å². The van der Waals surface area contributed by atoms with Crippen LogP contribution in [0.1, 0.15) is 12.0 Å². The van der Waals surface area contributed by atoms with Crippen molar-refractivity contribution in [3.05, 3.63) is 35.9 Å². The van der Waals surface area contributed by atoms with Crippen molar-refractivity contribution in [3.8, 4) is 0 Å². The number of hydrogen-bond donors (Lipinski definition) is 2. The van der Waals surface area contributed by atoms with E-state index in [1.54, 1.807) is 0 Å². The molecule has 0 bridgehead atoms. The SMILES string of the molecule is O=C(N[C@H]1CO[C@H]2CC(O)O[C@@H]12)OCc1ccccc1. The number of carbonyl (C=O) groups is 1. The molecular weight excluding hydrogens is 262 g/mol. The second-order valence-electron chi connectivity index (χ2n) is 4.98. The van der Waals surface area contributed by atoms with Gasteiger partial charge in [0.1, 0.15) is 12.7 Å². The summed E-state index contributed by atoms with van der Waals surface area (Å²) < 4.78 is 15.9. The number of rotatable bonds is 3. The van der Waals surface area contributed by atoms with Gasteiger partial charge in [-0.3, -0.25) is 0 Å². The van der Waals surface area contributed by atoms with Gasteiger partial charge in [0.05, 0.1) is 18.8 Å². The molecule has 2 N–H and O–H groups in total. The van der Waals surface area contributed by atoms with E-state index in [0.717, 1.165) is 5.56 Å². The van der Waals surface area contributed by atoms with Crippen molar-refractivity contribution in [2.75, 3.05) is 6.61 Å². The fraction of sp³-hybridized carbons (Fsp3) is 0.500. The topological polar surface area (TPSA) is 77.0 Å². The van der Waals surface area contributed by atoms with Gasteiger partial charge in [-0.05, 0) is 5.56 Å². The Morgan fingerprint density at radius 3 is 3.00 bits per heavy atom. The molecule has 2 heterocycles. The van der Waals surface area contributed by atoms with Gasteiger partial charge < -0.3 is 24.6 Å². The molecule has 108 valence electrons. The summed E-state index contributed by atoms with van der Waals surface area (Å²) in [7, 11) is 0. The summed E-state index contributed by atoms with van der Waals surface area (Å²) in [5.74, 6) is 0. The van der Waals surface area contributed by atoms with Crippen molar-refractivity contribution in [3.63, 3.8) is 0 Å². The lowest BCUT2D eigenvalue weighted by atomic mass is 10.1. The number of fused-ring (bicyclic) bond motifs is 1. The first-order valence-corrected chi connectivity index (χ1v) is 6.65. The monoisotopic (exact) mass is 279 g/mol. The van der Waals surface area contributed by atoms with Crippen LogP contribution in [0.25, 0.3) is 0 Å². The Morgan fingerprint density at radius 2 is 2.20 bits per heavy atom. The summed E-state index contributed by atoms with van der Waals surface area (Å²) in [6.07, 6.45) is -1.32. The third-order valence-corrected chi connectivity index (χ3v) is 3.52. The molecule has 6 nitrogen and oxygen atoms in total. The lowest BCUT2D eigenvalue weighted by Crippen LogP contribution is -2.44. The van der Waals surface area contributed by atoms with Gasteiger partial charge in [0, 0.05) is 6.42 Å². The highest BCUT2D eigenvalue weighted by Crippen LogP contribution is 2.29. The molecule has 1 aromatic rings. The first-order chi connectivity index (χ1) is 9.72. The highest BCUT2D eigenvalue weighted by Gasteiger charge is 2.46. The predicted octanol–water partition coefficient (Wildman–Crippen LogP) is 0.787. The average molecular weight is 279 g/mol. The van der Waals surface area contributed by atoms with E-state index in [9.17, 15) is 9.90 Å². The first-order valence-electron chi connectivity index (χ1n) is 6.65. The highest BCUT2D eigenvalue weighted by atomic mass is 16.6. The zero-order valence-electron chi connectivity index (χ0n) is 10.9. The minimum Gasteiger partial charge on any atom is -0.445 e. The van der Waals surface area contributed by atoms with Gasteiger partial charge >= 0.3 is 6.09 Å². The number of ether oxygens (including phenoxy) is 3. The molecule has 0 aliphatic carbocycles. The van der Waals surface area contributed by atoms with Gasteiger partial charge in [-0.25, -0.2) is 4.79 Å². The summed E-state index contributed by atoms with van der Waals surface area (Å²) in [5.41, 5.74) is 0.927. The van der Waals surface area contributed by atoms with E-state index >= 15 is 0 Å². The normalized spacial score (nSPS) is 31.9. The lowest BCUT2D eigenvalue weighted by Gasteiger charge is -2.17. The van der Waals surface area contributed by atoms with Crippen LogP contribution < -0.4 is 5.32 Å². The number of carbonyl (C=O) groups excluding carboxylic acids is 1. The minimum atomic E-state index is -0.810. The first kappa shape index (κ1) is 13.4. The highest BCUT2D eigenvalue weighted by molar-refractivity contribution is 5.67. The Bertz CT molecular complexity index is 466. The van der Waals surface area contributed by atoms with Gasteiger partial charge in [-0.2, -0.15) is 0 Å². The van der Waals surface area contributed by atoms with Crippen LogP contribution in [0.4, 0.5) is 4.79 Å². The molecular formula is C14H17NO5. The summed E-state index contributed by atoms with van der Waals surface area (Å²) >= 11 is 0. The van der Waals surface area contributed by atoms with Crippen LogP contribution in [0.3, 0.4) is 0 Å². The Morgan fingerprint density at radius 1 is 1.40 bits per heavy atom. The molecule has 2 saturated heterocycles. The van der Waals surface area contributed by atoms with Crippen molar-refractivity contribution in [2.24, 2.45) is 0 Å². The smallest absolute Gasteiger partial charge is 0.407 e. The van der Waals surface area contributed by atoms with Crippen LogP contribution in [0.2, 0.25) is 0 Å². The van der Waals surface area contributed by atoms with Crippen LogP contribution in [0.15, 0.2) is 30.3 Å². The molecule has 6 heteroatoms. The Balaban J connectivity index is 1.47. The molecule has 1 aromatic carbocycles. The number of alkyl carbamates (subject to hydrolysis) is 1. The molecule has 1 amide bonds. The van der Waals surface area contributed by atoms with Gasteiger partial charge in [0.15, 0.2) is 6.29 Å². The maximum absolute atomic E-state index is 11.7. The number of benzene rings is 1.